The summed E-state index contributed by atoms with van der Waals surface area (Å²) in [6.07, 6.45) is -6.11. The number of hydrogen-bond acceptors (Lipinski definition) is 7. The molecule has 1 heterocycles. The van der Waals surface area contributed by atoms with Gasteiger partial charge in [0.2, 0.25) is 0 Å². The van der Waals surface area contributed by atoms with Crippen molar-refractivity contribution in [1.82, 2.24) is 0 Å². The first-order valence-electron chi connectivity index (χ1n) is 11.1. The predicted molar refractivity (Wildman–Crippen MR) is 130 cm³/mol. The van der Waals surface area contributed by atoms with Gasteiger partial charge in [-0.3, -0.25) is 0 Å². The maximum absolute atomic E-state index is 15.7. The van der Waals surface area contributed by atoms with Gasteiger partial charge in [0.15, 0.2) is 23.4 Å². The van der Waals surface area contributed by atoms with Gasteiger partial charge in [0.05, 0.1) is 16.7 Å². The van der Waals surface area contributed by atoms with E-state index in [4.69, 9.17) is 18.9 Å². The number of carbonyl (C=O) groups is 3. The van der Waals surface area contributed by atoms with Crippen LogP contribution in [0.15, 0.2) is 91.0 Å². The summed E-state index contributed by atoms with van der Waals surface area (Å²) < 4.78 is 37.6. The van der Waals surface area contributed by atoms with E-state index in [0.29, 0.717) is 5.56 Å². The molecule has 0 bridgehead atoms. The van der Waals surface area contributed by atoms with Crippen LogP contribution in [0.5, 0.6) is 0 Å². The molecule has 0 radical (unpaired) electrons. The fourth-order valence-corrected chi connectivity index (χ4v) is 4.28. The Morgan fingerprint density at radius 1 is 0.694 bits per heavy atom. The standard InChI is InChI=1S/C27H22BrFO7/c28-24-23(36-27(32)19-14-8-3-9-15-19)22(35-26(31)18-12-6-2-7-13-18)21(29)20(34-24)16-33-25(30)17-10-4-1-5-11-17/h1-15,20-24H,16H2. The van der Waals surface area contributed by atoms with Gasteiger partial charge in [0, 0.05) is 0 Å². The topological polar surface area (TPSA) is 88.1 Å². The largest absolute Gasteiger partial charge is 0.459 e. The number of esters is 3. The van der Waals surface area contributed by atoms with Gasteiger partial charge in [-0.05, 0) is 36.4 Å². The molecule has 1 aliphatic heterocycles. The lowest BCUT2D eigenvalue weighted by Crippen LogP contribution is -2.58. The quantitative estimate of drug-likeness (QED) is 0.235. The third kappa shape index (κ3) is 6.16. The molecule has 36 heavy (non-hydrogen) atoms. The van der Waals surface area contributed by atoms with E-state index in [0.717, 1.165) is 0 Å². The highest BCUT2D eigenvalue weighted by Crippen LogP contribution is 2.32. The Balaban J connectivity index is 1.52. The van der Waals surface area contributed by atoms with E-state index in [9.17, 15) is 14.4 Å². The van der Waals surface area contributed by atoms with Gasteiger partial charge in [-0.25, -0.2) is 18.8 Å². The van der Waals surface area contributed by atoms with Gasteiger partial charge in [-0.2, -0.15) is 0 Å². The molecule has 0 aliphatic carbocycles. The first-order chi connectivity index (χ1) is 17.4. The normalized spacial score (nSPS) is 23.3. The molecule has 0 amide bonds. The van der Waals surface area contributed by atoms with Crippen molar-refractivity contribution in [3.8, 4) is 0 Å². The van der Waals surface area contributed by atoms with Crippen molar-refractivity contribution in [1.29, 1.82) is 0 Å². The van der Waals surface area contributed by atoms with Crippen LogP contribution in [-0.2, 0) is 18.9 Å². The summed E-state index contributed by atoms with van der Waals surface area (Å²) in [5, 5.41) is -1.05. The molecule has 9 heteroatoms. The van der Waals surface area contributed by atoms with Crippen LogP contribution in [0.1, 0.15) is 31.1 Å². The average Bonchev–Trinajstić information content (AvgIpc) is 2.92. The molecule has 4 rings (SSSR count). The summed E-state index contributed by atoms with van der Waals surface area (Å²) in [7, 11) is 0. The lowest BCUT2D eigenvalue weighted by atomic mass is 10.0. The molecular weight excluding hydrogens is 535 g/mol. The Bertz CT molecular complexity index is 1180. The third-order valence-electron chi connectivity index (χ3n) is 5.45. The maximum atomic E-state index is 15.7. The van der Waals surface area contributed by atoms with Gasteiger partial charge >= 0.3 is 17.9 Å². The van der Waals surface area contributed by atoms with Gasteiger partial charge in [0.1, 0.15) is 12.7 Å². The zero-order chi connectivity index (χ0) is 25.5. The minimum atomic E-state index is -1.97. The highest BCUT2D eigenvalue weighted by molar-refractivity contribution is 9.09. The third-order valence-corrected chi connectivity index (χ3v) is 6.19. The highest BCUT2D eigenvalue weighted by Gasteiger charge is 2.50. The van der Waals surface area contributed by atoms with E-state index >= 15 is 4.39 Å². The second-order valence-electron chi connectivity index (χ2n) is 7.91. The summed E-state index contributed by atoms with van der Waals surface area (Å²) in [6, 6.07) is 24.4. The lowest BCUT2D eigenvalue weighted by molar-refractivity contribution is -0.185. The molecule has 1 saturated heterocycles. The second-order valence-corrected chi connectivity index (χ2v) is 8.81. The van der Waals surface area contributed by atoms with Crippen LogP contribution in [0, 0.1) is 0 Å². The summed E-state index contributed by atoms with van der Waals surface area (Å²) >= 11 is 3.26. The van der Waals surface area contributed by atoms with Crippen molar-refractivity contribution < 1.29 is 37.7 Å². The van der Waals surface area contributed by atoms with Crippen molar-refractivity contribution >= 4 is 33.8 Å². The monoisotopic (exact) mass is 556 g/mol. The highest BCUT2D eigenvalue weighted by atomic mass is 79.9. The zero-order valence-corrected chi connectivity index (χ0v) is 20.5. The summed E-state index contributed by atoms with van der Waals surface area (Å²) in [6.45, 7) is -0.449. The molecule has 0 spiro atoms. The van der Waals surface area contributed by atoms with Gasteiger partial charge in [0.25, 0.3) is 0 Å². The van der Waals surface area contributed by atoms with E-state index in [2.05, 4.69) is 15.9 Å². The molecule has 1 fully saturated rings. The van der Waals surface area contributed by atoms with Gasteiger partial charge in [-0.15, -0.1) is 0 Å². The Kier molecular flexibility index (Phi) is 8.45. The Labute approximate surface area is 215 Å². The predicted octanol–water partition coefficient (Wildman–Crippen LogP) is 4.75. The summed E-state index contributed by atoms with van der Waals surface area (Å²) in [5.74, 6) is -2.20. The molecule has 3 aromatic rings. The molecule has 1 aliphatic rings. The molecule has 5 unspecified atom stereocenters. The smallest absolute Gasteiger partial charge is 0.338 e. The maximum Gasteiger partial charge on any atom is 0.338 e. The molecule has 186 valence electrons. The van der Waals surface area contributed by atoms with Crippen molar-refractivity contribution in [3.63, 3.8) is 0 Å². The Morgan fingerprint density at radius 3 is 1.58 bits per heavy atom. The van der Waals surface area contributed by atoms with Crippen LogP contribution in [0.4, 0.5) is 4.39 Å². The SMILES string of the molecule is O=C(OCC1OC(Br)C(OC(=O)c2ccccc2)C(OC(=O)c2ccccc2)C1F)c1ccccc1. The van der Waals surface area contributed by atoms with Crippen molar-refractivity contribution in [2.24, 2.45) is 0 Å². The molecule has 5 atom stereocenters. The van der Waals surface area contributed by atoms with Crippen LogP contribution < -0.4 is 0 Å². The number of benzene rings is 3. The minimum absolute atomic E-state index is 0.197. The van der Waals surface area contributed by atoms with Crippen molar-refractivity contribution in [2.75, 3.05) is 6.61 Å². The molecule has 7 nitrogen and oxygen atoms in total. The van der Waals surface area contributed by atoms with Crippen molar-refractivity contribution in [3.05, 3.63) is 108 Å². The van der Waals surface area contributed by atoms with E-state index in [1.54, 1.807) is 78.9 Å². The number of halogens is 2. The number of hydrogen-bond donors (Lipinski definition) is 0. The van der Waals surface area contributed by atoms with E-state index in [-0.39, 0.29) is 11.1 Å². The van der Waals surface area contributed by atoms with E-state index < -0.39 is 54.0 Å². The zero-order valence-electron chi connectivity index (χ0n) is 18.9. The Hall–Kier alpha value is -3.56. The van der Waals surface area contributed by atoms with Crippen LogP contribution >= 0.6 is 15.9 Å². The van der Waals surface area contributed by atoms with Crippen LogP contribution in [-0.4, -0.2) is 54.0 Å². The second kappa shape index (κ2) is 11.9. The molecule has 0 aromatic heterocycles. The van der Waals surface area contributed by atoms with Gasteiger partial charge in [-0.1, -0.05) is 70.5 Å². The lowest BCUT2D eigenvalue weighted by Gasteiger charge is -2.40. The number of alkyl halides is 2. The van der Waals surface area contributed by atoms with Gasteiger partial charge < -0.3 is 18.9 Å². The summed E-state index contributed by atoms with van der Waals surface area (Å²) in [5.41, 5.74) is 0.725. The first kappa shape index (κ1) is 25.5. The molecule has 0 saturated carbocycles. The van der Waals surface area contributed by atoms with Crippen LogP contribution in [0.25, 0.3) is 0 Å². The number of rotatable bonds is 7. The van der Waals surface area contributed by atoms with Crippen molar-refractivity contribution in [2.45, 2.75) is 29.5 Å². The fraction of sp³-hybridized carbons (Fsp3) is 0.222. The molecule has 0 N–H and O–H groups in total. The molecular formula is C27H22BrFO7. The summed E-state index contributed by atoms with van der Waals surface area (Å²) in [4.78, 5) is 37.8. The van der Waals surface area contributed by atoms with E-state index in [1.165, 1.54) is 12.1 Å². The number of ether oxygens (including phenoxy) is 4. The van der Waals surface area contributed by atoms with Crippen LogP contribution in [0.3, 0.4) is 0 Å². The fourth-order valence-electron chi connectivity index (χ4n) is 3.59. The first-order valence-corrected chi connectivity index (χ1v) is 12.0. The molecule has 3 aromatic carbocycles. The number of carbonyl (C=O) groups excluding carboxylic acids is 3. The van der Waals surface area contributed by atoms with E-state index in [1.807, 2.05) is 0 Å². The average molecular weight is 557 g/mol. The Morgan fingerprint density at radius 2 is 1.11 bits per heavy atom. The minimum Gasteiger partial charge on any atom is -0.459 e. The van der Waals surface area contributed by atoms with Crippen LogP contribution in [0.2, 0.25) is 0 Å².